The Morgan fingerprint density at radius 2 is 1.92 bits per heavy atom. The first-order chi connectivity index (χ1) is 11.5. The van der Waals surface area contributed by atoms with Crippen LogP contribution in [0.25, 0.3) is 5.57 Å². The van der Waals surface area contributed by atoms with Crippen molar-refractivity contribution in [3.63, 3.8) is 0 Å². The van der Waals surface area contributed by atoms with Gasteiger partial charge in [0.1, 0.15) is 11.6 Å². The smallest absolute Gasteiger partial charge is 0.131 e. The molecule has 1 saturated carbocycles. The molecule has 1 aliphatic rings. The molecule has 0 unspecified atom stereocenters. The molecule has 130 valence electrons. The summed E-state index contributed by atoms with van der Waals surface area (Å²) in [5.74, 6) is 1.88. The van der Waals surface area contributed by atoms with E-state index in [4.69, 9.17) is 0 Å². The van der Waals surface area contributed by atoms with Crippen LogP contribution in [0.15, 0.2) is 48.8 Å². The first-order valence-corrected chi connectivity index (χ1v) is 8.95. The SMILES string of the molecule is C=C/C(=C\C(O)=C/C)c1ccc(C2CCC(C(C)C)CC2)cc1F. The molecule has 1 nitrogen and oxygen atoms in total. The van der Waals surface area contributed by atoms with E-state index in [0.717, 1.165) is 30.2 Å². The maximum absolute atomic E-state index is 14.6. The lowest BCUT2D eigenvalue weighted by molar-refractivity contribution is 0.258. The van der Waals surface area contributed by atoms with Crippen LogP contribution in [-0.2, 0) is 0 Å². The highest BCUT2D eigenvalue weighted by Gasteiger charge is 2.24. The Kier molecular flexibility index (Phi) is 6.42. The Bertz CT molecular complexity index is 631. The average Bonchev–Trinajstić information content (AvgIpc) is 2.59. The Morgan fingerprint density at radius 1 is 1.25 bits per heavy atom. The lowest BCUT2D eigenvalue weighted by Gasteiger charge is -2.31. The molecule has 1 fully saturated rings. The molecule has 1 aromatic carbocycles. The van der Waals surface area contributed by atoms with Gasteiger partial charge in [0.2, 0.25) is 0 Å². The molecular weight excluding hydrogens is 299 g/mol. The van der Waals surface area contributed by atoms with Gasteiger partial charge in [0.25, 0.3) is 0 Å². The topological polar surface area (TPSA) is 20.2 Å². The van der Waals surface area contributed by atoms with Gasteiger partial charge in [0.05, 0.1) is 0 Å². The van der Waals surface area contributed by atoms with E-state index in [-0.39, 0.29) is 11.6 Å². The summed E-state index contributed by atoms with van der Waals surface area (Å²) in [6.45, 7) is 10.1. The second-order valence-electron chi connectivity index (χ2n) is 7.11. The van der Waals surface area contributed by atoms with Crippen molar-refractivity contribution in [2.24, 2.45) is 11.8 Å². The van der Waals surface area contributed by atoms with E-state index in [2.05, 4.69) is 20.4 Å². The fraction of sp³-hybridized carbons (Fsp3) is 0.455. The van der Waals surface area contributed by atoms with E-state index in [0.29, 0.717) is 17.1 Å². The third-order valence-electron chi connectivity index (χ3n) is 5.31. The van der Waals surface area contributed by atoms with Crippen LogP contribution in [0.1, 0.15) is 63.5 Å². The van der Waals surface area contributed by atoms with Gasteiger partial charge >= 0.3 is 0 Å². The number of benzene rings is 1. The van der Waals surface area contributed by atoms with Crippen LogP contribution in [0, 0.1) is 17.7 Å². The van der Waals surface area contributed by atoms with Gasteiger partial charge in [0, 0.05) is 5.56 Å². The standard InChI is InChI=1S/C22H29FO/c1-5-16(13-20(24)6-2)21-12-11-19(14-22(21)23)18-9-7-17(8-10-18)15(3)4/h5-6,11-15,17-18,24H,1,7-10H2,2-4H3/b16-13+,20-6+. The second kappa shape index (κ2) is 8.32. The Balaban J connectivity index is 2.18. The quantitative estimate of drug-likeness (QED) is 0.466. The highest BCUT2D eigenvalue weighted by molar-refractivity contribution is 5.75. The van der Waals surface area contributed by atoms with Gasteiger partial charge < -0.3 is 5.11 Å². The summed E-state index contributed by atoms with van der Waals surface area (Å²) >= 11 is 0. The maximum Gasteiger partial charge on any atom is 0.131 e. The fourth-order valence-corrected chi connectivity index (χ4v) is 3.63. The molecule has 2 rings (SSSR count). The van der Waals surface area contributed by atoms with E-state index < -0.39 is 0 Å². The molecule has 1 aromatic rings. The van der Waals surface area contributed by atoms with Crippen molar-refractivity contribution in [3.8, 4) is 0 Å². The second-order valence-corrected chi connectivity index (χ2v) is 7.11. The van der Waals surface area contributed by atoms with E-state index in [1.54, 1.807) is 31.2 Å². The van der Waals surface area contributed by atoms with Crippen molar-refractivity contribution >= 4 is 5.57 Å². The molecule has 24 heavy (non-hydrogen) atoms. The number of aliphatic hydroxyl groups is 1. The number of halogens is 1. The number of hydrogen-bond donors (Lipinski definition) is 1. The van der Waals surface area contributed by atoms with Crippen LogP contribution in [0.2, 0.25) is 0 Å². The van der Waals surface area contributed by atoms with Gasteiger partial charge in [-0.2, -0.15) is 0 Å². The molecule has 2 heteroatoms. The lowest BCUT2D eigenvalue weighted by atomic mass is 9.74. The van der Waals surface area contributed by atoms with E-state index in [1.807, 2.05) is 12.1 Å². The zero-order valence-electron chi connectivity index (χ0n) is 15.1. The minimum Gasteiger partial charge on any atom is -0.508 e. The average molecular weight is 328 g/mol. The lowest BCUT2D eigenvalue weighted by Crippen LogP contribution is -2.17. The van der Waals surface area contributed by atoms with Crippen molar-refractivity contribution in [3.05, 3.63) is 65.7 Å². The predicted octanol–water partition coefficient (Wildman–Crippen LogP) is 6.79. The summed E-state index contributed by atoms with van der Waals surface area (Å²) in [6.07, 6.45) is 9.45. The largest absolute Gasteiger partial charge is 0.508 e. The summed E-state index contributed by atoms with van der Waals surface area (Å²) in [7, 11) is 0. The van der Waals surface area contributed by atoms with E-state index >= 15 is 0 Å². The predicted molar refractivity (Wildman–Crippen MR) is 100 cm³/mol. The molecule has 0 atom stereocenters. The zero-order chi connectivity index (χ0) is 17.7. The first kappa shape index (κ1) is 18.5. The summed E-state index contributed by atoms with van der Waals surface area (Å²) in [5, 5.41) is 9.65. The molecule has 1 N–H and O–H groups in total. The molecule has 1 aliphatic carbocycles. The Labute approximate surface area is 145 Å². The van der Waals surface area contributed by atoms with Crippen molar-refractivity contribution in [2.75, 3.05) is 0 Å². The van der Waals surface area contributed by atoms with E-state index in [9.17, 15) is 9.50 Å². The summed E-state index contributed by atoms with van der Waals surface area (Å²) in [4.78, 5) is 0. The van der Waals surface area contributed by atoms with E-state index in [1.165, 1.54) is 12.8 Å². The van der Waals surface area contributed by atoms with Crippen LogP contribution >= 0.6 is 0 Å². The molecule has 0 radical (unpaired) electrons. The third kappa shape index (κ3) is 4.37. The number of hydrogen-bond acceptors (Lipinski definition) is 1. The highest BCUT2D eigenvalue weighted by Crippen LogP contribution is 2.39. The summed E-state index contributed by atoms with van der Waals surface area (Å²) in [5.41, 5.74) is 2.17. The molecule has 0 aliphatic heterocycles. The van der Waals surface area contributed by atoms with Crippen LogP contribution < -0.4 is 0 Å². The molecule has 0 amide bonds. The zero-order valence-corrected chi connectivity index (χ0v) is 15.1. The Morgan fingerprint density at radius 3 is 2.42 bits per heavy atom. The van der Waals surface area contributed by atoms with Crippen molar-refractivity contribution in [1.29, 1.82) is 0 Å². The minimum absolute atomic E-state index is 0.111. The van der Waals surface area contributed by atoms with Crippen LogP contribution in [-0.4, -0.2) is 5.11 Å². The summed E-state index contributed by atoms with van der Waals surface area (Å²) in [6, 6.07) is 5.51. The molecular formula is C22H29FO. The van der Waals surface area contributed by atoms with Crippen molar-refractivity contribution in [1.82, 2.24) is 0 Å². The van der Waals surface area contributed by atoms with Crippen LogP contribution in [0.3, 0.4) is 0 Å². The third-order valence-corrected chi connectivity index (χ3v) is 5.31. The molecule has 0 spiro atoms. The van der Waals surface area contributed by atoms with Crippen LogP contribution in [0.4, 0.5) is 4.39 Å². The van der Waals surface area contributed by atoms with Crippen molar-refractivity contribution in [2.45, 2.75) is 52.4 Å². The monoisotopic (exact) mass is 328 g/mol. The first-order valence-electron chi connectivity index (χ1n) is 8.95. The van der Waals surface area contributed by atoms with Gasteiger partial charge in [-0.3, -0.25) is 0 Å². The van der Waals surface area contributed by atoms with Crippen LogP contribution in [0.5, 0.6) is 0 Å². The van der Waals surface area contributed by atoms with Gasteiger partial charge in [-0.05, 0) is 79.7 Å². The highest BCUT2D eigenvalue weighted by atomic mass is 19.1. The molecule has 0 heterocycles. The van der Waals surface area contributed by atoms with Gasteiger partial charge in [0.15, 0.2) is 0 Å². The molecule has 0 aromatic heterocycles. The fourth-order valence-electron chi connectivity index (χ4n) is 3.63. The minimum atomic E-state index is -0.242. The normalized spacial score (nSPS) is 22.7. The van der Waals surface area contributed by atoms with Gasteiger partial charge in [-0.25, -0.2) is 4.39 Å². The number of rotatable bonds is 5. The van der Waals surface area contributed by atoms with Gasteiger partial charge in [-0.15, -0.1) is 0 Å². The summed E-state index contributed by atoms with van der Waals surface area (Å²) < 4.78 is 14.6. The Hall–Kier alpha value is -1.83. The molecule has 0 saturated heterocycles. The van der Waals surface area contributed by atoms with Gasteiger partial charge in [-0.1, -0.05) is 38.6 Å². The maximum atomic E-state index is 14.6. The number of allylic oxidation sites excluding steroid dienone is 4. The van der Waals surface area contributed by atoms with Crippen molar-refractivity contribution < 1.29 is 9.50 Å². The number of aliphatic hydroxyl groups excluding tert-OH is 1. The molecule has 0 bridgehead atoms.